The van der Waals surface area contributed by atoms with E-state index in [9.17, 15) is 4.79 Å². The van der Waals surface area contributed by atoms with Gasteiger partial charge in [0.15, 0.2) is 0 Å². The quantitative estimate of drug-likeness (QED) is 0.819. The van der Waals surface area contributed by atoms with Crippen molar-refractivity contribution in [2.45, 2.75) is 20.1 Å². The van der Waals surface area contributed by atoms with Gasteiger partial charge >= 0.3 is 0 Å². The first-order chi connectivity index (χ1) is 8.29. The van der Waals surface area contributed by atoms with Gasteiger partial charge in [-0.15, -0.1) is 0 Å². The number of carbonyl (C=O) groups excluding carboxylic acids is 1. The molecule has 1 aliphatic rings. The summed E-state index contributed by atoms with van der Waals surface area (Å²) in [6.07, 6.45) is 1.82. The van der Waals surface area contributed by atoms with Crippen molar-refractivity contribution in [3.05, 3.63) is 29.1 Å². The Balaban J connectivity index is 2.10. The van der Waals surface area contributed by atoms with Crippen LogP contribution in [0, 0.1) is 0 Å². The molecule has 5 heteroatoms. The highest BCUT2D eigenvalue weighted by Crippen LogP contribution is 2.26. The van der Waals surface area contributed by atoms with Crippen molar-refractivity contribution in [1.29, 1.82) is 0 Å². The lowest BCUT2D eigenvalue weighted by molar-refractivity contribution is 0.0951. The molecule has 2 aromatic rings. The Morgan fingerprint density at radius 3 is 3.29 bits per heavy atom. The fourth-order valence-electron chi connectivity index (χ4n) is 2.09. The van der Waals surface area contributed by atoms with E-state index < -0.39 is 0 Å². The van der Waals surface area contributed by atoms with Gasteiger partial charge in [-0.1, -0.05) is 0 Å². The molecule has 1 aliphatic heterocycles. The average Bonchev–Trinajstić information content (AvgIpc) is 2.94. The molecule has 88 valence electrons. The molecule has 0 saturated carbocycles. The Hall–Kier alpha value is -1.88. The number of amides is 1. The normalized spacial score (nSPS) is 13.9. The monoisotopic (exact) mass is 231 g/mol. The van der Waals surface area contributed by atoms with Crippen LogP contribution in [0.15, 0.2) is 12.3 Å². The van der Waals surface area contributed by atoms with Gasteiger partial charge in [0.2, 0.25) is 0 Å². The predicted molar refractivity (Wildman–Crippen MR) is 62.6 cm³/mol. The van der Waals surface area contributed by atoms with Gasteiger partial charge in [0.1, 0.15) is 5.69 Å². The topological polar surface area (TPSA) is 67.0 Å². The second-order valence-corrected chi connectivity index (χ2v) is 4.06. The fraction of sp³-hybridized carbons (Fsp3) is 0.333. The number of hydrogen-bond donors (Lipinski definition) is 2. The van der Waals surface area contributed by atoms with E-state index in [1.165, 1.54) is 0 Å². The predicted octanol–water partition coefficient (Wildman–Crippen LogP) is 1.34. The number of ether oxygens (including phenoxy) is 1. The number of fused-ring (bicyclic) bond motifs is 3. The second-order valence-electron chi connectivity index (χ2n) is 4.06. The standard InChI is InChI=1S/C12H13N3O2/c1-2-13-12(16)10-3-9-11(15-10)8-6-17-5-7(8)4-14-9/h3-4,15H,2,5-6H2,1H3,(H,13,16). The molecule has 3 rings (SSSR count). The number of rotatable bonds is 2. The third-order valence-electron chi connectivity index (χ3n) is 2.93. The van der Waals surface area contributed by atoms with Crippen LogP contribution in [0.3, 0.4) is 0 Å². The lowest BCUT2D eigenvalue weighted by Crippen LogP contribution is -2.22. The molecule has 0 saturated heterocycles. The van der Waals surface area contributed by atoms with Gasteiger partial charge in [-0.2, -0.15) is 0 Å². The van der Waals surface area contributed by atoms with Crippen molar-refractivity contribution >= 4 is 16.9 Å². The largest absolute Gasteiger partial charge is 0.372 e. The van der Waals surface area contributed by atoms with E-state index in [-0.39, 0.29) is 5.91 Å². The molecule has 0 spiro atoms. The molecule has 0 aliphatic carbocycles. The number of hydrogen-bond acceptors (Lipinski definition) is 3. The summed E-state index contributed by atoms with van der Waals surface area (Å²) in [6.45, 7) is 3.70. The summed E-state index contributed by atoms with van der Waals surface area (Å²) in [7, 11) is 0. The maximum atomic E-state index is 11.7. The zero-order valence-corrected chi connectivity index (χ0v) is 9.54. The second kappa shape index (κ2) is 3.85. The number of aromatic amines is 1. The lowest BCUT2D eigenvalue weighted by atomic mass is 10.1. The fourth-order valence-corrected chi connectivity index (χ4v) is 2.09. The van der Waals surface area contributed by atoms with E-state index in [1.807, 2.05) is 13.1 Å². The minimum Gasteiger partial charge on any atom is -0.372 e. The first-order valence-corrected chi connectivity index (χ1v) is 5.65. The van der Waals surface area contributed by atoms with Crippen LogP contribution in [-0.4, -0.2) is 22.4 Å². The zero-order chi connectivity index (χ0) is 11.8. The highest BCUT2D eigenvalue weighted by Gasteiger charge is 2.18. The number of H-pyrrole nitrogens is 1. The Bertz CT molecular complexity index is 589. The molecule has 17 heavy (non-hydrogen) atoms. The highest BCUT2D eigenvalue weighted by molar-refractivity contribution is 5.97. The number of nitrogens with zero attached hydrogens (tertiary/aromatic N) is 1. The van der Waals surface area contributed by atoms with Crippen molar-refractivity contribution in [2.75, 3.05) is 6.54 Å². The van der Waals surface area contributed by atoms with E-state index in [2.05, 4.69) is 15.3 Å². The molecule has 0 atom stereocenters. The Morgan fingerprint density at radius 1 is 1.59 bits per heavy atom. The minimum absolute atomic E-state index is 0.0989. The first-order valence-electron chi connectivity index (χ1n) is 5.65. The zero-order valence-electron chi connectivity index (χ0n) is 9.54. The lowest BCUT2D eigenvalue weighted by Gasteiger charge is -1.98. The molecule has 2 aromatic heterocycles. The van der Waals surface area contributed by atoms with E-state index >= 15 is 0 Å². The van der Waals surface area contributed by atoms with Crippen LogP contribution >= 0.6 is 0 Å². The Kier molecular flexibility index (Phi) is 2.33. The summed E-state index contributed by atoms with van der Waals surface area (Å²) in [4.78, 5) is 19.2. The number of pyridine rings is 1. The average molecular weight is 231 g/mol. The van der Waals surface area contributed by atoms with E-state index in [0.717, 1.165) is 22.2 Å². The van der Waals surface area contributed by atoms with Crippen LogP contribution in [0.5, 0.6) is 0 Å². The summed E-state index contributed by atoms with van der Waals surface area (Å²) >= 11 is 0. The molecule has 0 fully saturated rings. The first kappa shape index (κ1) is 10.3. The van der Waals surface area contributed by atoms with Crippen LogP contribution in [0.1, 0.15) is 28.5 Å². The Morgan fingerprint density at radius 2 is 2.47 bits per heavy atom. The van der Waals surface area contributed by atoms with Gasteiger partial charge < -0.3 is 15.0 Å². The summed E-state index contributed by atoms with van der Waals surface area (Å²) < 4.78 is 5.38. The van der Waals surface area contributed by atoms with Crippen molar-refractivity contribution in [3.8, 4) is 0 Å². The molecule has 0 radical (unpaired) electrons. The Labute approximate surface area is 98.2 Å². The van der Waals surface area contributed by atoms with Gasteiger partial charge in [0.25, 0.3) is 5.91 Å². The molecule has 5 nitrogen and oxygen atoms in total. The van der Waals surface area contributed by atoms with Crippen LogP contribution in [-0.2, 0) is 18.0 Å². The molecule has 0 bridgehead atoms. The van der Waals surface area contributed by atoms with Gasteiger partial charge in [-0.05, 0) is 13.0 Å². The number of nitrogens with one attached hydrogen (secondary N) is 2. The van der Waals surface area contributed by atoms with Crippen LogP contribution in [0.25, 0.3) is 11.0 Å². The third-order valence-corrected chi connectivity index (χ3v) is 2.93. The van der Waals surface area contributed by atoms with E-state index in [0.29, 0.717) is 25.5 Å². The maximum Gasteiger partial charge on any atom is 0.267 e. The molecule has 3 heterocycles. The van der Waals surface area contributed by atoms with Gasteiger partial charge in [-0.3, -0.25) is 9.78 Å². The third kappa shape index (κ3) is 1.59. The summed E-state index contributed by atoms with van der Waals surface area (Å²) in [5, 5.41) is 2.76. The van der Waals surface area contributed by atoms with Crippen molar-refractivity contribution < 1.29 is 9.53 Å². The molecule has 0 aromatic carbocycles. The SMILES string of the molecule is CCNC(=O)c1cc2ncc3c(c2[nH]1)COC3. The van der Waals surface area contributed by atoms with Crippen LogP contribution in [0.2, 0.25) is 0 Å². The maximum absolute atomic E-state index is 11.7. The van der Waals surface area contributed by atoms with Crippen molar-refractivity contribution in [3.63, 3.8) is 0 Å². The summed E-state index contributed by atoms with van der Waals surface area (Å²) in [5.41, 5.74) is 4.50. The number of carbonyl (C=O) groups is 1. The summed E-state index contributed by atoms with van der Waals surface area (Å²) in [6, 6.07) is 1.78. The molecule has 1 amide bonds. The molecular weight excluding hydrogens is 218 g/mol. The van der Waals surface area contributed by atoms with Crippen LogP contribution < -0.4 is 5.32 Å². The van der Waals surface area contributed by atoms with Crippen molar-refractivity contribution in [2.24, 2.45) is 0 Å². The highest BCUT2D eigenvalue weighted by atomic mass is 16.5. The molecule has 2 N–H and O–H groups in total. The van der Waals surface area contributed by atoms with Gasteiger partial charge in [-0.25, -0.2) is 0 Å². The van der Waals surface area contributed by atoms with Gasteiger partial charge in [0.05, 0.1) is 24.2 Å². The number of aromatic nitrogens is 2. The minimum atomic E-state index is -0.0989. The molecular formula is C12H13N3O2. The smallest absolute Gasteiger partial charge is 0.267 e. The molecule has 0 unspecified atom stereocenters. The summed E-state index contributed by atoms with van der Waals surface area (Å²) in [5.74, 6) is -0.0989. The van der Waals surface area contributed by atoms with Crippen LogP contribution in [0.4, 0.5) is 0 Å². The van der Waals surface area contributed by atoms with Crippen molar-refractivity contribution in [1.82, 2.24) is 15.3 Å². The van der Waals surface area contributed by atoms with Gasteiger partial charge in [0, 0.05) is 23.9 Å². The van der Waals surface area contributed by atoms with E-state index in [1.54, 1.807) is 6.07 Å². The van der Waals surface area contributed by atoms with E-state index in [4.69, 9.17) is 4.74 Å².